The SMILES string of the molecule is CC(Oc1cccc(Cl)c1)C(=O)Cc1cc(Cl)ccc1F. The van der Waals surface area contributed by atoms with Gasteiger partial charge in [0, 0.05) is 16.5 Å². The zero-order chi connectivity index (χ0) is 15.4. The Hall–Kier alpha value is -1.58. The first-order valence-electron chi connectivity index (χ1n) is 6.34. The Morgan fingerprint density at radius 3 is 2.62 bits per heavy atom. The van der Waals surface area contributed by atoms with Crippen LogP contribution in [0.3, 0.4) is 0 Å². The van der Waals surface area contributed by atoms with E-state index in [1.807, 2.05) is 0 Å². The van der Waals surface area contributed by atoms with Crippen molar-refractivity contribution < 1.29 is 13.9 Å². The van der Waals surface area contributed by atoms with Crippen LogP contribution >= 0.6 is 23.2 Å². The molecule has 1 atom stereocenters. The third kappa shape index (κ3) is 4.45. The highest BCUT2D eigenvalue weighted by Crippen LogP contribution is 2.20. The Morgan fingerprint density at radius 1 is 1.19 bits per heavy atom. The van der Waals surface area contributed by atoms with Crippen LogP contribution < -0.4 is 4.74 Å². The maximum Gasteiger partial charge on any atom is 0.177 e. The standard InChI is InChI=1S/C16H13Cl2FO2/c1-10(21-14-4-2-3-12(17)9-14)16(20)8-11-7-13(18)5-6-15(11)19/h2-7,9-10H,8H2,1H3. The summed E-state index contributed by atoms with van der Waals surface area (Å²) >= 11 is 11.6. The van der Waals surface area contributed by atoms with Crippen molar-refractivity contribution in [1.29, 1.82) is 0 Å². The van der Waals surface area contributed by atoms with Gasteiger partial charge in [-0.1, -0.05) is 29.3 Å². The fourth-order valence-corrected chi connectivity index (χ4v) is 2.20. The lowest BCUT2D eigenvalue weighted by Gasteiger charge is -2.14. The third-order valence-electron chi connectivity index (χ3n) is 2.93. The van der Waals surface area contributed by atoms with E-state index in [0.29, 0.717) is 15.8 Å². The average Bonchev–Trinajstić information content (AvgIpc) is 2.43. The number of benzene rings is 2. The van der Waals surface area contributed by atoms with Crippen molar-refractivity contribution >= 4 is 29.0 Å². The second kappa shape index (κ2) is 6.92. The first-order valence-corrected chi connectivity index (χ1v) is 7.10. The zero-order valence-electron chi connectivity index (χ0n) is 11.3. The van der Waals surface area contributed by atoms with Crippen LogP contribution in [0.25, 0.3) is 0 Å². The molecule has 2 aromatic rings. The fourth-order valence-electron chi connectivity index (χ4n) is 1.82. The van der Waals surface area contributed by atoms with Crippen LogP contribution in [0.2, 0.25) is 10.0 Å². The lowest BCUT2D eigenvalue weighted by molar-refractivity contribution is -0.124. The summed E-state index contributed by atoms with van der Waals surface area (Å²) in [5.74, 6) is -0.200. The van der Waals surface area contributed by atoms with Gasteiger partial charge in [-0.2, -0.15) is 0 Å². The zero-order valence-corrected chi connectivity index (χ0v) is 12.8. The van der Waals surface area contributed by atoms with E-state index < -0.39 is 11.9 Å². The van der Waals surface area contributed by atoms with Crippen LogP contribution in [0.15, 0.2) is 42.5 Å². The molecule has 5 heteroatoms. The number of Topliss-reactive ketones (excluding diaryl/α,β-unsaturated/α-hetero) is 1. The van der Waals surface area contributed by atoms with E-state index in [2.05, 4.69) is 0 Å². The minimum Gasteiger partial charge on any atom is -0.483 e. The second-order valence-corrected chi connectivity index (χ2v) is 5.47. The smallest absolute Gasteiger partial charge is 0.177 e. The summed E-state index contributed by atoms with van der Waals surface area (Å²) in [4.78, 5) is 12.1. The van der Waals surface area contributed by atoms with Crippen molar-refractivity contribution in [3.63, 3.8) is 0 Å². The molecular formula is C16H13Cl2FO2. The van der Waals surface area contributed by atoms with E-state index in [9.17, 15) is 9.18 Å². The first-order chi connectivity index (χ1) is 9.95. The van der Waals surface area contributed by atoms with Crippen molar-refractivity contribution in [2.75, 3.05) is 0 Å². The summed E-state index contributed by atoms with van der Waals surface area (Å²) in [7, 11) is 0. The lowest BCUT2D eigenvalue weighted by atomic mass is 10.1. The molecule has 0 radical (unpaired) electrons. The van der Waals surface area contributed by atoms with Crippen molar-refractivity contribution in [2.45, 2.75) is 19.4 Å². The molecule has 2 aromatic carbocycles. The maximum absolute atomic E-state index is 13.6. The van der Waals surface area contributed by atoms with Gasteiger partial charge in [-0.3, -0.25) is 4.79 Å². The van der Waals surface area contributed by atoms with Crippen LogP contribution in [0.1, 0.15) is 12.5 Å². The molecular weight excluding hydrogens is 314 g/mol. The molecule has 0 aliphatic rings. The molecule has 0 aliphatic heterocycles. The highest BCUT2D eigenvalue weighted by Gasteiger charge is 2.17. The van der Waals surface area contributed by atoms with E-state index >= 15 is 0 Å². The molecule has 0 aliphatic carbocycles. The van der Waals surface area contributed by atoms with Crippen LogP contribution in [0.4, 0.5) is 4.39 Å². The summed E-state index contributed by atoms with van der Waals surface area (Å²) in [6.45, 7) is 1.62. The number of hydrogen-bond donors (Lipinski definition) is 0. The molecule has 0 heterocycles. The van der Waals surface area contributed by atoms with Crippen LogP contribution in [-0.2, 0) is 11.2 Å². The molecule has 0 saturated heterocycles. The van der Waals surface area contributed by atoms with Gasteiger partial charge >= 0.3 is 0 Å². The molecule has 0 amide bonds. The normalized spacial score (nSPS) is 12.0. The molecule has 0 N–H and O–H groups in total. The molecule has 21 heavy (non-hydrogen) atoms. The second-order valence-electron chi connectivity index (χ2n) is 4.60. The van der Waals surface area contributed by atoms with Crippen molar-refractivity contribution in [3.8, 4) is 5.75 Å². The Balaban J connectivity index is 2.04. The van der Waals surface area contributed by atoms with Gasteiger partial charge in [0.25, 0.3) is 0 Å². The van der Waals surface area contributed by atoms with E-state index in [1.54, 1.807) is 31.2 Å². The van der Waals surface area contributed by atoms with Gasteiger partial charge in [-0.05, 0) is 48.9 Å². The predicted octanol–water partition coefficient (Wildman–Crippen LogP) is 4.71. The Morgan fingerprint density at radius 2 is 1.90 bits per heavy atom. The number of carbonyl (C=O) groups is 1. The molecule has 0 aromatic heterocycles. The van der Waals surface area contributed by atoms with E-state index in [0.717, 1.165) is 0 Å². The number of rotatable bonds is 5. The van der Waals surface area contributed by atoms with Gasteiger partial charge in [-0.15, -0.1) is 0 Å². The summed E-state index contributed by atoms with van der Waals surface area (Å²) in [5.41, 5.74) is 0.258. The molecule has 0 bridgehead atoms. The van der Waals surface area contributed by atoms with Crippen molar-refractivity contribution in [2.24, 2.45) is 0 Å². The molecule has 0 spiro atoms. The largest absolute Gasteiger partial charge is 0.483 e. The highest BCUT2D eigenvalue weighted by molar-refractivity contribution is 6.31. The van der Waals surface area contributed by atoms with E-state index in [1.165, 1.54) is 18.2 Å². The molecule has 2 rings (SSSR count). The number of carbonyl (C=O) groups excluding carboxylic acids is 1. The molecule has 1 unspecified atom stereocenters. The summed E-state index contributed by atoms with van der Waals surface area (Å²) in [6.07, 6.45) is -0.782. The molecule has 0 saturated carbocycles. The Labute approximate surface area is 132 Å². The number of halogens is 3. The molecule has 0 fully saturated rings. The average molecular weight is 327 g/mol. The topological polar surface area (TPSA) is 26.3 Å². The molecule has 2 nitrogen and oxygen atoms in total. The first kappa shape index (κ1) is 15.8. The van der Waals surface area contributed by atoms with Crippen LogP contribution in [0.5, 0.6) is 5.75 Å². The van der Waals surface area contributed by atoms with Gasteiger partial charge in [0.15, 0.2) is 11.9 Å². The molecule has 110 valence electrons. The van der Waals surface area contributed by atoms with Gasteiger partial charge < -0.3 is 4.74 Å². The number of hydrogen-bond acceptors (Lipinski definition) is 2. The highest BCUT2D eigenvalue weighted by atomic mass is 35.5. The van der Waals surface area contributed by atoms with Gasteiger partial charge in [0.05, 0.1) is 0 Å². The summed E-state index contributed by atoms with van der Waals surface area (Å²) < 4.78 is 19.1. The van der Waals surface area contributed by atoms with Crippen molar-refractivity contribution in [1.82, 2.24) is 0 Å². The van der Waals surface area contributed by atoms with Crippen LogP contribution in [-0.4, -0.2) is 11.9 Å². The lowest BCUT2D eigenvalue weighted by Crippen LogP contribution is -2.25. The predicted molar refractivity (Wildman–Crippen MR) is 81.7 cm³/mol. The number of ketones is 1. The van der Waals surface area contributed by atoms with Crippen molar-refractivity contribution in [3.05, 3.63) is 63.9 Å². The fraction of sp³-hybridized carbons (Fsp3) is 0.188. The Bertz CT molecular complexity index is 658. The van der Waals surface area contributed by atoms with E-state index in [4.69, 9.17) is 27.9 Å². The summed E-state index contributed by atoms with van der Waals surface area (Å²) in [5, 5.41) is 0.913. The Kier molecular flexibility index (Phi) is 5.21. The maximum atomic E-state index is 13.6. The number of ether oxygens (including phenoxy) is 1. The van der Waals surface area contributed by atoms with E-state index in [-0.39, 0.29) is 17.8 Å². The van der Waals surface area contributed by atoms with Gasteiger partial charge in [-0.25, -0.2) is 4.39 Å². The van der Waals surface area contributed by atoms with Crippen LogP contribution in [0, 0.1) is 5.82 Å². The minimum absolute atomic E-state index is 0.0753. The monoisotopic (exact) mass is 326 g/mol. The quantitative estimate of drug-likeness (QED) is 0.795. The third-order valence-corrected chi connectivity index (χ3v) is 3.41. The summed E-state index contributed by atoms with van der Waals surface area (Å²) in [6, 6.07) is 10.9. The van der Waals surface area contributed by atoms with Gasteiger partial charge in [0.1, 0.15) is 11.6 Å². The van der Waals surface area contributed by atoms with Gasteiger partial charge in [0.2, 0.25) is 0 Å². The minimum atomic E-state index is -0.707.